The highest BCUT2D eigenvalue weighted by Gasteiger charge is 2.33. The second-order valence-electron chi connectivity index (χ2n) is 7.62. The molecule has 164 valence electrons. The average Bonchev–Trinajstić information content (AvgIpc) is 3.33. The Labute approximate surface area is 184 Å². The van der Waals surface area contributed by atoms with E-state index in [0.29, 0.717) is 47.6 Å². The lowest BCUT2D eigenvalue weighted by atomic mass is 9.85. The van der Waals surface area contributed by atoms with E-state index < -0.39 is 0 Å². The van der Waals surface area contributed by atoms with E-state index >= 15 is 0 Å². The Balaban J connectivity index is 1.63. The predicted octanol–water partition coefficient (Wildman–Crippen LogP) is 2.81. The van der Waals surface area contributed by atoms with Crippen LogP contribution in [0.3, 0.4) is 0 Å². The Kier molecular flexibility index (Phi) is 4.76. The molecule has 4 aromatic rings. The molecule has 0 saturated heterocycles. The zero-order chi connectivity index (χ0) is 22.4. The van der Waals surface area contributed by atoms with Crippen molar-refractivity contribution in [1.29, 1.82) is 0 Å². The van der Waals surface area contributed by atoms with Crippen LogP contribution in [0.5, 0.6) is 11.5 Å². The number of hydrogen-bond donors (Lipinski definition) is 1. The van der Waals surface area contributed by atoms with E-state index in [4.69, 9.17) is 14.6 Å². The van der Waals surface area contributed by atoms with Crippen LogP contribution in [0.25, 0.3) is 11.5 Å². The third kappa shape index (κ3) is 3.15. The Bertz CT molecular complexity index is 1340. The number of carbonyl (C=O) groups excluding carboxylic acids is 1. The SMILES string of the molecule is CCOc1ccc(C2CC(=O)Nc3c2c(C)nn3-c2ccc3nnc(C)n3n2)cc1OC. The first kappa shape index (κ1) is 20.0. The van der Waals surface area contributed by atoms with Gasteiger partial charge in [0, 0.05) is 17.9 Å². The minimum atomic E-state index is -0.169. The molecule has 0 spiro atoms. The van der Waals surface area contributed by atoms with Crippen LogP contribution in [0.2, 0.25) is 0 Å². The van der Waals surface area contributed by atoms with E-state index in [2.05, 4.69) is 20.6 Å². The second-order valence-corrected chi connectivity index (χ2v) is 7.62. The molecular weight excluding hydrogens is 410 g/mol. The highest BCUT2D eigenvalue weighted by Crippen LogP contribution is 2.42. The molecule has 4 heterocycles. The molecule has 10 nitrogen and oxygen atoms in total. The molecule has 1 aliphatic rings. The van der Waals surface area contributed by atoms with Crippen molar-refractivity contribution in [1.82, 2.24) is 29.6 Å². The summed E-state index contributed by atoms with van der Waals surface area (Å²) < 4.78 is 14.5. The van der Waals surface area contributed by atoms with Crippen molar-refractivity contribution in [2.45, 2.75) is 33.1 Å². The van der Waals surface area contributed by atoms with Crippen molar-refractivity contribution in [3.8, 4) is 17.3 Å². The normalized spacial score (nSPS) is 15.5. The van der Waals surface area contributed by atoms with Crippen LogP contribution in [-0.2, 0) is 4.79 Å². The minimum Gasteiger partial charge on any atom is -0.493 e. The summed E-state index contributed by atoms with van der Waals surface area (Å²) in [6.45, 7) is 6.24. The molecule has 0 radical (unpaired) electrons. The molecule has 1 amide bonds. The number of carbonyl (C=O) groups is 1. The molecule has 1 N–H and O–H groups in total. The molecule has 0 bridgehead atoms. The van der Waals surface area contributed by atoms with Crippen LogP contribution in [0, 0.1) is 13.8 Å². The molecule has 1 aliphatic heterocycles. The summed E-state index contributed by atoms with van der Waals surface area (Å²) in [7, 11) is 1.61. The van der Waals surface area contributed by atoms with Crippen LogP contribution < -0.4 is 14.8 Å². The third-order valence-electron chi connectivity index (χ3n) is 5.61. The van der Waals surface area contributed by atoms with E-state index in [1.54, 1.807) is 16.3 Å². The molecule has 0 aliphatic carbocycles. The summed E-state index contributed by atoms with van der Waals surface area (Å²) >= 11 is 0. The first-order valence-corrected chi connectivity index (χ1v) is 10.4. The van der Waals surface area contributed by atoms with Crippen molar-refractivity contribution in [3.63, 3.8) is 0 Å². The van der Waals surface area contributed by atoms with Crippen molar-refractivity contribution in [2.75, 3.05) is 19.0 Å². The fourth-order valence-corrected chi connectivity index (χ4v) is 4.17. The van der Waals surface area contributed by atoms with E-state index in [1.165, 1.54) is 0 Å². The molecular formula is C22H23N7O3. The van der Waals surface area contributed by atoms with E-state index in [0.717, 1.165) is 16.8 Å². The van der Waals surface area contributed by atoms with Gasteiger partial charge < -0.3 is 14.8 Å². The molecule has 0 fully saturated rings. The van der Waals surface area contributed by atoms with Gasteiger partial charge >= 0.3 is 0 Å². The maximum Gasteiger partial charge on any atom is 0.226 e. The number of rotatable bonds is 5. The monoisotopic (exact) mass is 433 g/mol. The highest BCUT2D eigenvalue weighted by atomic mass is 16.5. The van der Waals surface area contributed by atoms with E-state index in [1.807, 2.05) is 51.1 Å². The number of nitrogens with one attached hydrogen (secondary N) is 1. The fourth-order valence-electron chi connectivity index (χ4n) is 4.17. The Morgan fingerprint density at radius 1 is 1.12 bits per heavy atom. The van der Waals surface area contributed by atoms with Crippen LogP contribution in [0.15, 0.2) is 30.3 Å². The molecule has 5 rings (SSSR count). The molecule has 1 aromatic carbocycles. The fraction of sp³-hybridized carbons (Fsp3) is 0.318. The third-order valence-corrected chi connectivity index (χ3v) is 5.61. The zero-order valence-corrected chi connectivity index (χ0v) is 18.3. The summed E-state index contributed by atoms with van der Waals surface area (Å²) in [6, 6.07) is 9.42. The lowest BCUT2D eigenvalue weighted by molar-refractivity contribution is -0.116. The quantitative estimate of drug-likeness (QED) is 0.515. The summed E-state index contributed by atoms with van der Waals surface area (Å²) in [6.07, 6.45) is 0.313. The number of aryl methyl sites for hydroxylation is 2. The number of aromatic nitrogens is 6. The molecule has 0 saturated carbocycles. The lowest BCUT2D eigenvalue weighted by Crippen LogP contribution is -2.25. The number of anilines is 1. The number of methoxy groups -OCH3 is 1. The summed E-state index contributed by atoms with van der Waals surface area (Å²) in [5.41, 5.74) is 3.38. The van der Waals surface area contributed by atoms with Crippen molar-refractivity contribution in [3.05, 3.63) is 53.0 Å². The Morgan fingerprint density at radius 2 is 1.97 bits per heavy atom. The molecule has 32 heavy (non-hydrogen) atoms. The van der Waals surface area contributed by atoms with Crippen LogP contribution in [0.4, 0.5) is 5.82 Å². The molecule has 1 atom stereocenters. The van der Waals surface area contributed by atoms with Gasteiger partial charge in [-0.05, 0) is 50.6 Å². The summed E-state index contributed by atoms with van der Waals surface area (Å²) in [4.78, 5) is 12.7. The van der Waals surface area contributed by atoms with Gasteiger partial charge in [-0.25, -0.2) is 0 Å². The van der Waals surface area contributed by atoms with Gasteiger partial charge in [-0.1, -0.05) is 6.07 Å². The van der Waals surface area contributed by atoms with Gasteiger partial charge in [0.25, 0.3) is 0 Å². The van der Waals surface area contributed by atoms with Crippen LogP contribution in [0.1, 0.15) is 41.9 Å². The number of benzene rings is 1. The number of ether oxygens (including phenoxy) is 2. The van der Waals surface area contributed by atoms with Gasteiger partial charge in [-0.2, -0.15) is 14.3 Å². The van der Waals surface area contributed by atoms with Gasteiger partial charge in [0.05, 0.1) is 19.4 Å². The van der Waals surface area contributed by atoms with Gasteiger partial charge in [-0.15, -0.1) is 15.3 Å². The van der Waals surface area contributed by atoms with E-state index in [-0.39, 0.29) is 11.8 Å². The standard InChI is InChI=1S/C22H23N7O3/c1-5-32-16-7-6-14(10-17(16)31-4)15-11-20(30)23-22-21(15)12(2)26-29(22)19-9-8-18-25-24-13(3)28(18)27-19/h6-10,15H,5,11H2,1-4H3,(H,23,30). The van der Waals surface area contributed by atoms with Crippen LogP contribution in [-0.4, -0.2) is 49.2 Å². The molecule has 1 unspecified atom stereocenters. The maximum absolute atomic E-state index is 12.7. The lowest BCUT2D eigenvalue weighted by Gasteiger charge is -2.25. The van der Waals surface area contributed by atoms with E-state index in [9.17, 15) is 4.79 Å². The largest absolute Gasteiger partial charge is 0.493 e. The Morgan fingerprint density at radius 3 is 2.75 bits per heavy atom. The summed E-state index contributed by atoms with van der Waals surface area (Å²) in [5.74, 6) is 2.91. The minimum absolute atomic E-state index is 0.0851. The number of fused-ring (bicyclic) bond motifs is 2. The summed E-state index contributed by atoms with van der Waals surface area (Å²) in [5, 5.41) is 20.4. The van der Waals surface area contributed by atoms with Crippen molar-refractivity contribution in [2.24, 2.45) is 0 Å². The van der Waals surface area contributed by atoms with Gasteiger partial charge in [0.15, 0.2) is 28.8 Å². The number of amides is 1. The zero-order valence-electron chi connectivity index (χ0n) is 18.3. The highest BCUT2D eigenvalue weighted by molar-refractivity contribution is 5.95. The van der Waals surface area contributed by atoms with Crippen molar-refractivity contribution >= 4 is 17.4 Å². The number of nitrogens with zero attached hydrogens (tertiary/aromatic N) is 6. The number of hydrogen-bond acceptors (Lipinski definition) is 7. The van der Waals surface area contributed by atoms with Crippen LogP contribution >= 0.6 is 0 Å². The van der Waals surface area contributed by atoms with Gasteiger partial charge in [-0.3, -0.25) is 4.79 Å². The maximum atomic E-state index is 12.7. The van der Waals surface area contributed by atoms with Crippen molar-refractivity contribution < 1.29 is 14.3 Å². The average molecular weight is 433 g/mol. The van der Waals surface area contributed by atoms with Gasteiger partial charge in [0.1, 0.15) is 5.82 Å². The molecule has 3 aromatic heterocycles. The Hall–Kier alpha value is -3.95. The second kappa shape index (κ2) is 7.63. The topological polar surface area (TPSA) is 108 Å². The predicted molar refractivity (Wildman–Crippen MR) is 117 cm³/mol. The smallest absolute Gasteiger partial charge is 0.226 e. The first-order valence-electron chi connectivity index (χ1n) is 10.4. The van der Waals surface area contributed by atoms with Gasteiger partial charge in [0.2, 0.25) is 5.91 Å². The molecule has 10 heteroatoms. The first-order chi connectivity index (χ1) is 15.5.